The minimum atomic E-state index is 0. The lowest BCUT2D eigenvalue weighted by atomic mass is 10.1. The monoisotopic (exact) mass is 458 g/mol. The lowest BCUT2D eigenvalue weighted by Crippen LogP contribution is -2.32. The van der Waals surface area contributed by atoms with Gasteiger partial charge >= 0.3 is 0 Å². The maximum absolute atomic E-state index is 6.04. The number of nitrogens with zero attached hydrogens (tertiary/aromatic N) is 4. The van der Waals surface area contributed by atoms with E-state index >= 15 is 0 Å². The first-order valence-electron chi connectivity index (χ1n) is 9.74. The summed E-state index contributed by atoms with van der Waals surface area (Å²) in [6.45, 7) is 4.49. The summed E-state index contributed by atoms with van der Waals surface area (Å²) in [6.07, 6.45) is 6.16. The Kier molecular flexibility index (Phi) is 5.76. The molecular formula is C22H24BrClN4. The number of para-hydroxylation sites is 2. The zero-order valence-corrected chi connectivity index (χ0v) is 18.2. The molecular weight excluding hydrogens is 436 g/mol. The van der Waals surface area contributed by atoms with Crippen molar-refractivity contribution in [3.05, 3.63) is 59.8 Å². The first-order valence-corrected chi connectivity index (χ1v) is 10.1. The molecule has 0 saturated carbocycles. The van der Waals surface area contributed by atoms with E-state index in [1.54, 1.807) is 0 Å². The average Bonchev–Trinajstić information content (AvgIpc) is 3.26. The molecule has 0 N–H and O–H groups in total. The molecule has 4 nitrogen and oxygen atoms in total. The molecule has 0 radical (unpaired) electrons. The van der Waals surface area contributed by atoms with Crippen molar-refractivity contribution in [1.82, 2.24) is 18.9 Å². The molecule has 1 aliphatic rings. The normalized spacial score (nSPS) is 15.2. The maximum Gasteiger partial charge on any atom is 0.215 e. The van der Waals surface area contributed by atoms with Crippen LogP contribution in [0.5, 0.6) is 0 Å². The Labute approximate surface area is 180 Å². The smallest absolute Gasteiger partial charge is 0.215 e. The summed E-state index contributed by atoms with van der Waals surface area (Å²) in [5.74, 6) is 1.01. The predicted octanol–water partition coefficient (Wildman–Crippen LogP) is 5.67. The summed E-state index contributed by atoms with van der Waals surface area (Å²) >= 11 is 6.04. The third-order valence-electron chi connectivity index (χ3n) is 5.59. The van der Waals surface area contributed by atoms with E-state index in [1.165, 1.54) is 43.4 Å². The van der Waals surface area contributed by atoms with Crippen molar-refractivity contribution in [2.24, 2.45) is 0 Å². The SMILES string of the molecule is Br.Clc1ccc(-c2cn3c4ccccc4n(CCN4CCCCC4)c3n2)cc1. The Morgan fingerprint density at radius 3 is 2.32 bits per heavy atom. The third kappa shape index (κ3) is 3.59. The second-order valence-corrected chi connectivity index (χ2v) is 7.78. The zero-order chi connectivity index (χ0) is 18.2. The summed E-state index contributed by atoms with van der Waals surface area (Å²) in [7, 11) is 0. The van der Waals surface area contributed by atoms with Gasteiger partial charge in [-0.15, -0.1) is 17.0 Å². The summed E-state index contributed by atoms with van der Waals surface area (Å²) in [4.78, 5) is 7.56. The van der Waals surface area contributed by atoms with E-state index in [0.29, 0.717) is 0 Å². The number of rotatable bonds is 4. The molecule has 0 atom stereocenters. The van der Waals surface area contributed by atoms with Gasteiger partial charge in [0.2, 0.25) is 5.78 Å². The number of likely N-dealkylation sites (tertiary alicyclic amines) is 1. The molecule has 6 heteroatoms. The van der Waals surface area contributed by atoms with Crippen molar-refractivity contribution in [2.75, 3.05) is 19.6 Å². The summed E-state index contributed by atoms with van der Waals surface area (Å²) in [5, 5.41) is 0.749. The topological polar surface area (TPSA) is 25.5 Å². The van der Waals surface area contributed by atoms with Gasteiger partial charge in [0.15, 0.2) is 0 Å². The first kappa shape index (κ1) is 19.5. The molecule has 146 valence electrons. The van der Waals surface area contributed by atoms with E-state index in [1.807, 2.05) is 24.3 Å². The molecule has 0 bridgehead atoms. The van der Waals surface area contributed by atoms with Crippen molar-refractivity contribution in [2.45, 2.75) is 25.8 Å². The van der Waals surface area contributed by atoms with Gasteiger partial charge in [-0.25, -0.2) is 4.98 Å². The van der Waals surface area contributed by atoms with Crippen molar-refractivity contribution in [3.8, 4) is 11.3 Å². The number of halogens is 2. The highest BCUT2D eigenvalue weighted by atomic mass is 79.9. The molecule has 4 aromatic rings. The predicted molar refractivity (Wildman–Crippen MR) is 122 cm³/mol. The zero-order valence-electron chi connectivity index (χ0n) is 15.7. The maximum atomic E-state index is 6.04. The Morgan fingerprint density at radius 2 is 1.57 bits per heavy atom. The van der Waals surface area contributed by atoms with Crippen LogP contribution in [-0.2, 0) is 6.54 Å². The number of hydrogen-bond acceptors (Lipinski definition) is 2. The van der Waals surface area contributed by atoms with Crippen LogP contribution >= 0.6 is 28.6 Å². The minimum absolute atomic E-state index is 0. The van der Waals surface area contributed by atoms with Crippen LogP contribution in [0.4, 0.5) is 0 Å². The van der Waals surface area contributed by atoms with Crippen LogP contribution in [0, 0.1) is 0 Å². The second-order valence-electron chi connectivity index (χ2n) is 7.35. The molecule has 0 spiro atoms. The van der Waals surface area contributed by atoms with Crippen LogP contribution in [0.25, 0.3) is 28.1 Å². The molecule has 3 heterocycles. The number of hydrogen-bond donors (Lipinski definition) is 0. The highest BCUT2D eigenvalue weighted by molar-refractivity contribution is 8.93. The lowest BCUT2D eigenvalue weighted by Gasteiger charge is -2.26. The number of benzene rings is 2. The quantitative estimate of drug-likeness (QED) is 0.393. The molecule has 2 aromatic carbocycles. The molecule has 1 aliphatic heterocycles. The van der Waals surface area contributed by atoms with Crippen LogP contribution in [-0.4, -0.2) is 38.5 Å². The molecule has 1 saturated heterocycles. The van der Waals surface area contributed by atoms with Crippen LogP contribution < -0.4 is 0 Å². The van der Waals surface area contributed by atoms with Gasteiger partial charge in [0.25, 0.3) is 0 Å². The number of aromatic nitrogens is 3. The Balaban J connectivity index is 0.00000192. The van der Waals surface area contributed by atoms with Gasteiger partial charge in [0.05, 0.1) is 16.7 Å². The molecule has 0 aliphatic carbocycles. The largest absolute Gasteiger partial charge is 0.308 e. The number of imidazole rings is 2. The van der Waals surface area contributed by atoms with Gasteiger partial charge in [-0.2, -0.15) is 0 Å². The van der Waals surface area contributed by atoms with Gasteiger partial charge in [0, 0.05) is 29.9 Å². The van der Waals surface area contributed by atoms with Crippen molar-refractivity contribution in [3.63, 3.8) is 0 Å². The molecule has 0 amide bonds. The highest BCUT2D eigenvalue weighted by Gasteiger charge is 2.16. The number of fused-ring (bicyclic) bond motifs is 3. The molecule has 28 heavy (non-hydrogen) atoms. The van der Waals surface area contributed by atoms with Gasteiger partial charge in [0.1, 0.15) is 0 Å². The lowest BCUT2D eigenvalue weighted by molar-refractivity contribution is 0.222. The van der Waals surface area contributed by atoms with E-state index in [2.05, 4.69) is 44.3 Å². The summed E-state index contributed by atoms with van der Waals surface area (Å²) in [5.41, 5.74) is 4.53. The van der Waals surface area contributed by atoms with E-state index in [9.17, 15) is 0 Å². The molecule has 5 rings (SSSR count). The fourth-order valence-corrected chi connectivity index (χ4v) is 4.27. The average molecular weight is 460 g/mol. The third-order valence-corrected chi connectivity index (χ3v) is 5.84. The number of piperidine rings is 1. The summed E-state index contributed by atoms with van der Waals surface area (Å²) in [6, 6.07) is 16.5. The first-order chi connectivity index (χ1) is 13.3. The van der Waals surface area contributed by atoms with Crippen LogP contribution in [0.1, 0.15) is 19.3 Å². The molecule has 1 fully saturated rings. The standard InChI is InChI=1S/C22H23ClN4.BrH/c23-18-10-8-17(9-11-18)19-16-27-21-7-3-2-6-20(21)26(22(27)24-19)15-14-25-12-4-1-5-13-25;/h2-3,6-11,16H,1,4-5,12-15H2;1H. The highest BCUT2D eigenvalue weighted by Crippen LogP contribution is 2.26. The van der Waals surface area contributed by atoms with E-state index in [-0.39, 0.29) is 17.0 Å². The minimum Gasteiger partial charge on any atom is -0.308 e. The van der Waals surface area contributed by atoms with Gasteiger partial charge < -0.3 is 9.47 Å². The van der Waals surface area contributed by atoms with Crippen LogP contribution in [0.15, 0.2) is 54.7 Å². The van der Waals surface area contributed by atoms with E-state index in [4.69, 9.17) is 16.6 Å². The summed E-state index contributed by atoms with van der Waals surface area (Å²) < 4.78 is 4.58. The van der Waals surface area contributed by atoms with Crippen molar-refractivity contribution < 1.29 is 0 Å². The van der Waals surface area contributed by atoms with E-state index < -0.39 is 0 Å². The van der Waals surface area contributed by atoms with Gasteiger partial charge in [-0.05, 0) is 50.2 Å². The second kappa shape index (κ2) is 8.27. The Morgan fingerprint density at radius 1 is 0.857 bits per heavy atom. The fraction of sp³-hybridized carbons (Fsp3) is 0.318. The van der Waals surface area contributed by atoms with Crippen LogP contribution in [0.3, 0.4) is 0 Å². The molecule has 2 aromatic heterocycles. The van der Waals surface area contributed by atoms with Crippen molar-refractivity contribution >= 4 is 45.4 Å². The molecule has 0 unspecified atom stereocenters. The van der Waals surface area contributed by atoms with Crippen LogP contribution in [0.2, 0.25) is 5.02 Å². The fourth-order valence-electron chi connectivity index (χ4n) is 4.15. The Hall–Kier alpha value is -1.82. The van der Waals surface area contributed by atoms with Crippen molar-refractivity contribution in [1.29, 1.82) is 0 Å². The Bertz CT molecular complexity index is 1080. The van der Waals surface area contributed by atoms with E-state index in [0.717, 1.165) is 35.1 Å². The van der Waals surface area contributed by atoms with Gasteiger partial charge in [-0.1, -0.05) is 42.3 Å². The van der Waals surface area contributed by atoms with Gasteiger partial charge in [-0.3, -0.25) is 4.40 Å².